The average molecular weight is 369 g/mol. The van der Waals surface area contributed by atoms with E-state index in [1.54, 1.807) is 0 Å². The molecule has 0 fully saturated rings. The van der Waals surface area contributed by atoms with Gasteiger partial charge in [-0.15, -0.1) is 11.3 Å². The van der Waals surface area contributed by atoms with Crippen LogP contribution in [-0.2, 0) is 6.42 Å². The Morgan fingerprint density at radius 3 is 2.15 bits per heavy atom. The van der Waals surface area contributed by atoms with Crippen LogP contribution in [0.25, 0.3) is 10.6 Å². The van der Waals surface area contributed by atoms with Gasteiger partial charge in [0.25, 0.3) is 0 Å². The van der Waals surface area contributed by atoms with Crippen molar-refractivity contribution in [2.24, 2.45) is 0 Å². The minimum Gasteiger partial charge on any atom is -0.490 e. The van der Waals surface area contributed by atoms with Crippen LogP contribution in [0, 0.1) is 0 Å². The maximum Gasteiger partial charge on any atom is 0.347 e. The molecule has 0 atom stereocenters. The van der Waals surface area contributed by atoms with Gasteiger partial charge in [0.05, 0.1) is 5.69 Å². The topological polar surface area (TPSA) is 68.7 Å². The summed E-state index contributed by atoms with van der Waals surface area (Å²) in [7, 11) is 0. The summed E-state index contributed by atoms with van der Waals surface area (Å²) in [5, 5.41) is 9.95. The molecule has 3 rings (SSSR count). The number of benzene rings is 2. The van der Waals surface area contributed by atoms with Crippen LogP contribution in [0.3, 0.4) is 0 Å². The fraction of sp³-hybridized carbons (Fsp3) is 0.200. The highest BCUT2D eigenvalue weighted by Gasteiger charge is 2.16. The minimum absolute atomic E-state index is 0.306. The first-order valence-corrected chi connectivity index (χ1v) is 9.13. The quantitative estimate of drug-likeness (QED) is 0.591. The van der Waals surface area contributed by atoms with E-state index in [-0.39, 0.29) is 0 Å². The number of aryl methyl sites for hydroxylation is 1. The van der Waals surface area contributed by atoms with Crippen LogP contribution in [0.4, 0.5) is 0 Å². The normalized spacial score (nSPS) is 10.5. The number of thiazole rings is 1. The zero-order chi connectivity index (χ0) is 18.4. The Hall–Kier alpha value is -2.86. The Morgan fingerprint density at radius 2 is 1.62 bits per heavy atom. The highest BCUT2D eigenvalue weighted by molar-refractivity contribution is 7.17. The molecule has 0 saturated carbocycles. The van der Waals surface area contributed by atoms with Gasteiger partial charge in [0.1, 0.15) is 34.6 Å². The highest BCUT2D eigenvalue weighted by atomic mass is 32.1. The summed E-state index contributed by atoms with van der Waals surface area (Å²) in [5.41, 5.74) is 1.50. The summed E-state index contributed by atoms with van der Waals surface area (Å²) in [4.78, 5) is 16.0. The van der Waals surface area contributed by atoms with Crippen molar-refractivity contribution in [2.75, 3.05) is 13.2 Å². The molecule has 6 heteroatoms. The molecule has 134 valence electrons. The smallest absolute Gasteiger partial charge is 0.347 e. The van der Waals surface area contributed by atoms with Gasteiger partial charge >= 0.3 is 5.97 Å². The van der Waals surface area contributed by atoms with Crippen molar-refractivity contribution in [3.63, 3.8) is 0 Å². The van der Waals surface area contributed by atoms with Crippen LogP contribution < -0.4 is 9.47 Å². The summed E-state index contributed by atoms with van der Waals surface area (Å²) in [6.45, 7) is 2.80. The number of rotatable bonds is 8. The molecule has 0 aliphatic heterocycles. The molecule has 26 heavy (non-hydrogen) atoms. The summed E-state index contributed by atoms with van der Waals surface area (Å²) in [6.07, 6.45) is 0.598. The molecule has 0 spiro atoms. The van der Waals surface area contributed by atoms with Gasteiger partial charge in [-0.2, -0.15) is 0 Å². The molecule has 3 aromatic rings. The SMILES string of the molecule is CCc1nc(-c2ccc(OCCOc3ccccc3)cc2)sc1C(=O)O. The number of nitrogens with zero attached hydrogens (tertiary/aromatic N) is 1. The molecule has 0 aliphatic rings. The molecule has 0 aliphatic carbocycles. The van der Waals surface area contributed by atoms with Crippen molar-refractivity contribution in [1.82, 2.24) is 4.98 Å². The van der Waals surface area contributed by atoms with Crippen molar-refractivity contribution in [3.05, 3.63) is 65.2 Å². The number of carboxylic acids is 1. The lowest BCUT2D eigenvalue weighted by molar-refractivity contribution is 0.0701. The van der Waals surface area contributed by atoms with E-state index in [1.165, 1.54) is 11.3 Å². The van der Waals surface area contributed by atoms with E-state index in [2.05, 4.69) is 4.98 Å². The standard InChI is InChI=1S/C20H19NO4S/c1-2-17-18(20(22)23)26-19(21-17)14-8-10-16(11-9-14)25-13-12-24-15-6-4-3-5-7-15/h3-11H,2,12-13H2,1H3,(H,22,23). The number of aromatic nitrogens is 1. The van der Waals surface area contributed by atoms with Crippen molar-refractivity contribution in [3.8, 4) is 22.1 Å². The summed E-state index contributed by atoms with van der Waals surface area (Å²) >= 11 is 1.20. The molecule has 2 aromatic carbocycles. The first-order valence-electron chi connectivity index (χ1n) is 8.31. The molecule has 0 unspecified atom stereocenters. The van der Waals surface area contributed by atoms with E-state index in [1.807, 2.05) is 61.5 Å². The molecule has 1 heterocycles. The summed E-state index contributed by atoms with van der Waals surface area (Å²) < 4.78 is 11.3. The van der Waals surface area contributed by atoms with E-state index in [0.29, 0.717) is 35.2 Å². The van der Waals surface area contributed by atoms with E-state index in [0.717, 1.165) is 17.1 Å². The molecule has 1 aromatic heterocycles. The third-order valence-corrected chi connectivity index (χ3v) is 4.83. The predicted octanol–water partition coefficient (Wildman–Crippen LogP) is 4.53. The van der Waals surface area contributed by atoms with Crippen LogP contribution in [0.2, 0.25) is 0 Å². The second-order valence-electron chi connectivity index (χ2n) is 5.49. The molecule has 5 nitrogen and oxygen atoms in total. The zero-order valence-corrected chi connectivity index (χ0v) is 15.2. The predicted molar refractivity (Wildman–Crippen MR) is 101 cm³/mol. The average Bonchev–Trinajstić information content (AvgIpc) is 3.11. The van der Waals surface area contributed by atoms with Crippen molar-refractivity contribution >= 4 is 17.3 Å². The van der Waals surface area contributed by atoms with Crippen LogP contribution in [0.5, 0.6) is 11.5 Å². The first kappa shape index (κ1) is 17.9. The van der Waals surface area contributed by atoms with E-state index in [4.69, 9.17) is 9.47 Å². The number of hydrogen-bond donors (Lipinski definition) is 1. The number of aromatic carboxylic acids is 1. The van der Waals surface area contributed by atoms with Crippen LogP contribution >= 0.6 is 11.3 Å². The van der Waals surface area contributed by atoms with Gasteiger partial charge in [-0.1, -0.05) is 25.1 Å². The third-order valence-electron chi connectivity index (χ3n) is 3.69. The lowest BCUT2D eigenvalue weighted by Crippen LogP contribution is -2.08. The zero-order valence-electron chi connectivity index (χ0n) is 14.3. The Kier molecular flexibility index (Phi) is 5.86. The Bertz CT molecular complexity index is 859. The number of ether oxygens (including phenoxy) is 2. The fourth-order valence-electron chi connectivity index (χ4n) is 2.41. The number of hydrogen-bond acceptors (Lipinski definition) is 5. The second kappa shape index (κ2) is 8.49. The largest absolute Gasteiger partial charge is 0.490 e. The molecule has 0 radical (unpaired) electrons. The number of carbonyl (C=O) groups is 1. The summed E-state index contributed by atoms with van der Waals surface area (Å²) in [6, 6.07) is 17.1. The van der Waals surface area contributed by atoms with Crippen LogP contribution in [0.1, 0.15) is 22.3 Å². The number of carboxylic acid groups (broad SMARTS) is 1. The van der Waals surface area contributed by atoms with E-state index < -0.39 is 5.97 Å². The van der Waals surface area contributed by atoms with Gasteiger partial charge in [0.2, 0.25) is 0 Å². The lowest BCUT2D eigenvalue weighted by atomic mass is 10.2. The molecule has 0 saturated heterocycles. The molecule has 0 amide bonds. The van der Waals surface area contributed by atoms with Crippen molar-refractivity contribution in [2.45, 2.75) is 13.3 Å². The van der Waals surface area contributed by atoms with Gasteiger partial charge in [0, 0.05) is 5.56 Å². The molecule has 1 N–H and O–H groups in total. The lowest BCUT2D eigenvalue weighted by Gasteiger charge is -2.08. The highest BCUT2D eigenvalue weighted by Crippen LogP contribution is 2.29. The minimum atomic E-state index is -0.927. The first-order chi connectivity index (χ1) is 12.7. The third kappa shape index (κ3) is 4.40. The van der Waals surface area contributed by atoms with Crippen LogP contribution in [-0.4, -0.2) is 29.3 Å². The van der Waals surface area contributed by atoms with E-state index in [9.17, 15) is 9.90 Å². The second-order valence-corrected chi connectivity index (χ2v) is 6.49. The van der Waals surface area contributed by atoms with Crippen LogP contribution in [0.15, 0.2) is 54.6 Å². The van der Waals surface area contributed by atoms with Gasteiger partial charge in [0.15, 0.2) is 0 Å². The van der Waals surface area contributed by atoms with Gasteiger partial charge < -0.3 is 14.6 Å². The molecular formula is C20H19NO4S. The van der Waals surface area contributed by atoms with Gasteiger partial charge in [-0.3, -0.25) is 0 Å². The monoisotopic (exact) mass is 369 g/mol. The Morgan fingerprint density at radius 1 is 1.00 bits per heavy atom. The summed E-state index contributed by atoms with van der Waals surface area (Å²) in [5.74, 6) is 0.622. The van der Waals surface area contributed by atoms with E-state index >= 15 is 0 Å². The van der Waals surface area contributed by atoms with Crippen molar-refractivity contribution in [1.29, 1.82) is 0 Å². The number of para-hydroxylation sites is 1. The molecule has 0 bridgehead atoms. The van der Waals surface area contributed by atoms with Gasteiger partial charge in [-0.05, 0) is 42.8 Å². The van der Waals surface area contributed by atoms with Gasteiger partial charge in [-0.25, -0.2) is 9.78 Å². The fourth-order valence-corrected chi connectivity index (χ4v) is 3.41. The Labute approximate surface area is 155 Å². The maximum absolute atomic E-state index is 11.3. The maximum atomic E-state index is 11.3. The van der Waals surface area contributed by atoms with Crippen molar-refractivity contribution < 1.29 is 19.4 Å². The Balaban J connectivity index is 1.57. The molecular weight excluding hydrogens is 350 g/mol.